The molecule has 9 heteroatoms. The molecule has 0 radical (unpaired) electrons. The van der Waals surface area contributed by atoms with Crippen LogP contribution in [-0.2, 0) is 9.53 Å². The first kappa shape index (κ1) is 19.6. The van der Waals surface area contributed by atoms with E-state index in [1.54, 1.807) is 35.7 Å². The Morgan fingerprint density at radius 2 is 2.26 bits per heavy atom. The second-order valence-electron chi connectivity index (χ2n) is 5.82. The predicted molar refractivity (Wildman–Crippen MR) is 106 cm³/mol. The zero-order valence-electron chi connectivity index (χ0n) is 15.4. The number of halogens is 1. The largest absolute Gasteiger partial charge is 0.495 e. The molecule has 0 aliphatic carbocycles. The summed E-state index contributed by atoms with van der Waals surface area (Å²) < 4.78 is 12.4. The molecule has 1 aromatic heterocycles. The van der Waals surface area contributed by atoms with Crippen LogP contribution < -0.4 is 10.1 Å². The van der Waals surface area contributed by atoms with E-state index in [0.29, 0.717) is 34.6 Å². The molecular formula is C18H21ClN4O3S. The lowest BCUT2D eigenvalue weighted by atomic mass is 9.95. The lowest BCUT2D eigenvalue weighted by Gasteiger charge is -2.28. The van der Waals surface area contributed by atoms with Gasteiger partial charge in [0.1, 0.15) is 24.7 Å². The van der Waals surface area contributed by atoms with Crippen LogP contribution in [0.5, 0.6) is 5.75 Å². The molecule has 3 rings (SSSR count). The molecule has 1 atom stereocenters. The number of fused-ring (bicyclic) bond motifs is 1. The molecule has 144 valence electrons. The lowest BCUT2D eigenvalue weighted by Crippen LogP contribution is -2.30. The minimum Gasteiger partial charge on any atom is -0.495 e. The molecule has 1 aromatic carbocycles. The van der Waals surface area contributed by atoms with Gasteiger partial charge in [-0.15, -0.1) is 0 Å². The average Bonchev–Trinajstić information content (AvgIpc) is 3.11. The van der Waals surface area contributed by atoms with E-state index in [1.807, 2.05) is 13.0 Å². The molecular weight excluding hydrogens is 388 g/mol. The number of allylic oxidation sites excluding steroid dienone is 1. The summed E-state index contributed by atoms with van der Waals surface area (Å²) in [6.45, 7) is 4.25. The number of hydrogen-bond donors (Lipinski definition) is 1. The molecule has 7 nitrogen and oxygen atoms in total. The molecule has 0 spiro atoms. The number of nitrogens with zero attached hydrogens (tertiary/aromatic N) is 3. The Hall–Kier alpha value is -2.19. The van der Waals surface area contributed by atoms with Crippen molar-refractivity contribution in [1.29, 1.82) is 0 Å². The van der Waals surface area contributed by atoms with E-state index in [4.69, 9.17) is 21.1 Å². The van der Waals surface area contributed by atoms with Gasteiger partial charge in [-0.3, -0.25) is 0 Å². The molecule has 1 aliphatic heterocycles. The standard InChI is InChI=1S/C18H21ClN4O3S/c1-4-27-8-7-26-17(24)15-11(2)22-18-20-10-21-23(18)16(15)12-5-6-14(25-3)13(19)9-12/h5-6,9-10,16H,4,7-8H2,1-3H3,(H,20,21,22). The number of nitrogens with one attached hydrogen (secondary N) is 1. The molecule has 0 bridgehead atoms. The highest BCUT2D eigenvalue weighted by molar-refractivity contribution is 7.99. The van der Waals surface area contributed by atoms with Gasteiger partial charge in [0.05, 0.1) is 17.7 Å². The van der Waals surface area contributed by atoms with Crippen molar-refractivity contribution in [1.82, 2.24) is 14.8 Å². The minimum atomic E-state index is -0.488. The third kappa shape index (κ3) is 4.06. The summed E-state index contributed by atoms with van der Waals surface area (Å²) in [5, 5.41) is 7.86. The third-order valence-corrected chi connectivity index (χ3v) is 5.33. The van der Waals surface area contributed by atoms with Gasteiger partial charge in [-0.25, -0.2) is 9.48 Å². The van der Waals surface area contributed by atoms with Gasteiger partial charge >= 0.3 is 5.97 Å². The van der Waals surface area contributed by atoms with Crippen LogP contribution in [0.15, 0.2) is 35.8 Å². The van der Waals surface area contributed by atoms with E-state index in [2.05, 4.69) is 22.3 Å². The Kier molecular flexibility index (Phi) is 6.28. The van der Waals surface area contributed by atoms with Crippen LogP contribution >= 0.6 is 23.4 Å². The Bertz CT molecular complexity index is 868. The number of benzene rings is 1. The second kappa shape index (κ2) is 8.67. The van der Waals surface area contributed by atoms with E-state index in [1.165, 1.54) is 6.33 Å². The van der Waals surface area contributed by atoms with Crippen molar-refractivity contribution >= 4 is 35.3 Å². The number of carbonyl (C=O) groups excluding carboxylic acids is 1. The van der Waals surface area contributed by atoms with Gasteiger partial charge in [0.25, 0.3) is 0 Å². The second-order valence-corrected chi connectivity index (χ2v) is 7.62. The minimum absolute atomic E-state index is 0.356. The Morgan fingerprint density at radius 3 is 2.96 bits per heavy atom. The van der Waals surface area contributed by atoms with Crippen molar-refractivity contribution in [2.24, 2.45) is 0 Å². The summed E-state index contributed by atoms with van der Waals surface area (Å²) in [5.74, 6) is 2.48. The Balaban J connectivity index is 1.97. The number of ether oxygens (including phenoxy) is 2. The fourth-order valence-corrected chi connectivity index (χ4v) is 3.69. The Labute approximate surface area is 167 Å². The number of carbonyl (C=O) groups is 1. The SMILES string of the molecule is CCSCCOC(=O)C1=C(C)Nc2ncnn2C1c1ccc(OC)c(Cl)c1. The highest BCUT2D eigenvalue weighted by atomic mass is 35.5. The fourth-order valence-electron chi connectivity index (χ4n) is 2.93. The number of esters is 1. The first-order chi connectivity index (χ1) is 13.1. The van der Waals surface area contributed by atoms with Gasteiger partial charge in [-0.1, -0.05) is 24.6 Å². The molecule has 0 fully saturated rings. The van der Waals surface area contributed by atoms with Crippen LogP contribution in [-0.4, -0.2) is 46.0 Å². The Morgan fingerprint density at radius 1 is 1.44 bits per heavy atom. The van der Waals surface area contributed by atoms with Crippen LogP contribution in [0.1, 0.15) is 25.5 Å². The molecule has 0 saturated carbocycles. The number of methoxy groups -OCH3 is 1. The average molecular weight is 409 g/mol. The number of anilines is 1. The monoisotopic (exact) mass is 408 g/mol. The summed E-state index contributed by atoms with van der Waals surface area (Å²) in [7, 11) is 1.56. The van der Waals surface area contributed by atoms with Crippen molar-refractivity contribution in [2.45, 2.75) is 19.9 Å². The zero-order valence-corrected chi connectivity index (χ0v) is 16.9. The molecule has 2 aromatic rings. The van der Waals surface area contributed by atoms with Crippen LogP contribution in [0.2, 0.25) is 5.02 Å². The fraction of sp³-hybridized carbons (Fsp3) is 0.389. The molecule has 1 aliphatic rings. The maximum Gasteiger partial charge on any atom is 0.338 e. The summed E-state index contributed by atoms with van der Waals surface area (Å²) in [6.07, 6.45) is 1.44. The quantitative estimate of drug-likeness (QED) is 0.554. The third-order valence-electron chi connectivity index (χ3n) is 4.17. The first-order valence-corrected chi connectivity index (χ1v) is 10.1. The van der Waals surface area contributed by atoms with E-state index < -0.39 is 6.04 Å². The highest BCUT2D eigenvalue weighted by Gasteiger charge is 2.34. The number of thioether (sulfide) groups is 1. The van der Waals surface area contributed by atoms with Gasteiger partial charge in [0.15, 0.2) is 0 Å². The summed E-state index contributed by atoms with van der Waals surface area (Å²) >= 11 is 8.03. The summed E-state index contributed by atoms with van der Waals surface area (Å²) in [5.41, 5.74) is 1.96. The number of hydrogen-bond acceptors (Lipinski definition) is 7. The van der Waals surface area contributed by atoms with Gasteiger partial charge in [-0.05, 0) is 30.4 Å². The smallest absolute Gasteiger partial charge is 0.338 e. The molecule has 2 heterocycles. The molecule has 1 N–H and O–H groups in total. The van der Waals surface area contributed by atoms with E-state index in [-0.39, 0.29) is 5.97 Å². The maximum absolute atomic E-state index is 12.8. The van der Waals surface area contributed by atoms with Gasteiger partial charge in [0, 0.05) is 11.4 Å². The highest BCUT2D eigenvalue weighted by Crippen LogP contribution is 2.37. The zero-order chi connectivity index (χ0) is 19.4. The van der Waals surface area contributed by atoms with E-state index >= 15 is 0 Å². The molecule has 0 amide bonds. The first-order valence-electron chi connectivity index (χ1n) is 8.52. The van der Waals surface area contributed by atoms with Crippen molar-refractivity contribution in [3.8, 4) is 5.75 Å². The van der Waals surface area contributed by atoms with Crippen molar-refractivity contribution in [3.05, 3.63) is 46.4 Å². The normalized spacial score (nSPS) is 15.9. The van der Waals surface area contributed by atoms with Crippen LogP contribution in [0.3, 0.4) is 0 Å². The predicted octanol–water partition coefficient (Wildman–Crippen LogP) is 3.53. The summed E-state index contributed by atoms with van der Waals surface area (Å²) in [6, 6.07) is 4.92. The van der Waals surface area contributed by atoms with Crippen molar-refractivity contribution in [3.63, 3.8) is 0 Å². The topological polar surface area (TPSA) is 78.3 Å². The summed E-state index contributed by atoms with van der Waals surface area (Å²) in [4.78, 5) is 17.1. The van der Waals surface area contributed by atoms with Crippen LogP contribution in [0, 0.1) is 0 Å². The molecule has 27 heavy (non-hydrogen) atoms. The van der Waals surface area contributed by atoms with Crippen LogP contribution in [0.25, 0.3) is 0 Å². The number of aromatic nitrogens is 3. The van der Waals surface area contributed by atoms with E-state index in [0.717, 1.165) is 17.1 Å². The molecule has 1 unspecified atom stereocenters. The lowest BCUT2D eigenvalue weighted by molar-refractivity contribution is -0.138. The van der Waals surface area contributed by atoms with Crippen LogP contribution in [0.4, 0.5) is 5.95 Å². The molecule has 0 saturated heterocycles. The van der Waals surface area contributed by atoms with Crippen molar-refractivity contribution < 1.29 is 14.3 Å². The van der Waals surface area contributed by atoms with E-state index in [9.17, 15) is 4.79 Å². The van der Waals surface area contributed by atoms with Gasteiger partial charge in [-0.2, -0.15) is 21.8 Å². The van der Waals surface area contributed by atoms with Crippen molar-refractivity contribution in [2.75, 3.05) is 30.5 Å². The van der Waals surface area contributed by atoms with Gasteiger partial charge < -0.3 is 14.8 Å². The van der Waals surface area contributed by atoms with Gasteiger partial charge in [0.2, 0.25) is 5.95 Å². The maximum atomic E-state index is 12.8. The number of rotatable bonds is 7.